The third-order valence-corrected chi connectivity index (χ3v) is 5.49. The van der Waals surface area contributed by atoms with Crippen LogP contribution in [0.25, 0.3) is 11.0 Å². The maximum Gasteiger partial charge on any atom is 0.244 e. The van der Waals surface area contributed by atoms with E-state index in [4.69, 9.17) is 0 Å². The summed E-state index contributed by atoms with van der Waals surface area (Å²) in [7, 11) is 1.95. The van der Waals surface area contributed by atoms with Crippen molar-refractivity contribution in [1.82, 2.24) is 24.6 Å². The van der Waals surface area contributed by atoms with E-state index in [0.717, 1.165) is 23.3 Å². The predicted molar refractivity (Wildman–Crippen MR) is 88.0 cm³/mol. The minimum atomic E-state index is 0.124. The van der Waals surface area contributed by atoms with Gasteiger partial charge >= 0.3 is 0 Å². The molecule has 122 valence electrons. The van der Waals surface area contributed by atoms with Crippen molar-refractivity contribution in [3.8, 4) is 0 Å². The predicted octanol–water partition coefficient (Wildman–Crippen LogP) is 1.29. The van der Waals surface area contributed by atoms with Crippen molar-refractivity contribution in [3.05, 3.63) is 24.0 Å². The van der Waals surface area contributed by atoms with Crippen LogP contribution in [0.4, 0.5) is 0 Å². The molecule has 5 heterocycles. The molecule has 6 nitrogen and oxygen atoms in total. The standard InChI is InChI=1S/C17H23N5O/c1-12-14-4-3-7-18-17(14)22(19-12)11-16(23)20(2)15-10-21-8-5-13(15)6-9-21/h3-4,7,13,15H,5-6,8-11H2,1-2H3. The molecule has 2 bridgehead atoms. The van der Waals surface area contributed by atoms with Gasteiger partial charge in [-0.05, 0) is 50.9 Å². The summed E-state index contributed by atoms with van der Waals surface area (Å²) in [5.74, 6) is 0.780. The number of amides is 1. The Labute approximate surface area is 136 Å². The lowest BCUT2D eigenvalue weighted by molar-refractivity contribution is -0.136. The van der Waals surface area contributed by atoms with Gasteiger partial charge in [-0.1, -0.05) is 0 Å². The third-order valence-electron chi connectivity index (χ3n) is 5.49. The summed E-state index contributed by atoms with van der Waals surface area (Å²) in [6, 6.07) is 4.26. The number of rotatable bonds is 3. The van der Waals surface area contributed by atoms with Gasteiger partial charge in [0.2, 0.25) is 5.91 Å². The van der Waals surface area contributed by atoms with E-state index >= 15 is 0 Å². The Hall–Kier alpha value is -1.95. The van der Waals surface area contributed by atoms with Gasteiger partial charge in [-0.2, -0.15) is 5.10 Å². The molecule has 0 spiro atoms. The second-order valence-corrected chi connectivity index (χ2v) is 6.83. The van der Waals surface area contributed by atoms with Crippen LogP contribution in [-0.4, -0.2) is 63.2 Å². The minimum Gasteiger partial charge on any atom is -0.340 e. The van der Waals surface area contributed by atoms with E-state index in [1.807, 2.05) is 31.0 Å². The summed E-state index contributed by atoms with van der Waals surface area (Å²) in [4.78, 5) is 21.6. The van der Waals surface area contributed by atoms with Crippen molar-refractivity contribution in [2.75, 3.05) is 26.7 Å². The van der Waals surface area contributed by atoms with Crippen LogP contribution in [0.3, 0.4) is 0 Å². The quantitative estimate of drug-likeness (QED) is 0.857. The van der Waals surface area contributed by atoms with Crippen LogP contribution >= 0.6 is 0 Å². The van der Waals surface area contributed by atoms with Crippen molar-refractivity contribution < 1.29 is 4.79 Å². The third kappa shape index (κ3) is 2.51. The van der Waals surface area contributed by atoms with Gasteiger partial charge in [-0.3, -0.25) is 4.79 Å². The SMILES string of the molecule is Cc1nn(CC(=O)N(C)C2CN3CCC2CC3)c2ncccc12. The highest BCUT2D eigenvalue weighted by atomic mass is 16.2. The minimum absolute atomic E-state index is 0.124. The number of carbonyl (C=O) groups excluding carboxylic acids is 1. The van der Waals surface area contributed by atoms with Gasteiger partial charge < -0.3 is 9.80 Å². The van der Waals surface area contributed by atoms with E-state index in [-0.39, 0.29) is 12.5 Å². The van der Waals surface area contributed by atoms with Gasteiger partial charge in [0.1, 0.15) is 6.54 Å². The van der Waals surface area contributed by atoms with E-state index < -0.39 is 0 Å². The molecule has 0 radical (unpaired) electrons. The number of aryl methyl sites for hydroxylation is 1. The summed E-state index contributed by atoms with van der Waals surface area (Å²) >= 11 is 0. The maximum atomic E-state index is 12.8. The molecule has 1 amide bonds. The van der Waals surface area contributed by atoms with Crippen molar-refractivity contribution in [2.24, 2.45) is 5.92 Å². The normalized spacial score (nSPS) is 26.6. The zero-order valence-corrected chi connectivity index (χ0v) is 13.8. The number of carbonyl (C=O) groups is 1. The zero-order valence-electron chi connectivity index (χ0n) is 13.8. The van der Waals surface area contributed by atoms with Crippen molar-refractivity contribution in [2.45, 2.75) is 32.4 Å². The Morgan fingerprint density at radius 1 is 1.39 bits per heavy atom. The van der Waals surface area contributed by atoms with Gasteiger partial charge in [-0.15, -0.1) is 0 Å². The van der Waals surface area contributed by atoms with Gasteiger partial charge in [0, 0.05) is 31.2 Å². The monoisotopic (exact) mass is 313 g/mol. The molecule has 3 aliphatic heterocycles. The molecule has 1 atom stereocenters. The van der Waals surface area contributed by atoms with Gasteiger partial charge in [-0.25, -0.2) is 9.67 Å². The Kier molecular flexibility index (Phi) is 3.56. The van der Waals surface area contributed by atoms with Crippen LogP contribution in [0, 0.1) is 12.8 Å². The fourth-order valence-corrected chi connectivity index (χ4v) is 4.07. The topological polar surface area (TPSA) is 54.3 Å². The van der Waals surface area contributed by atoms with E-state index in [1.54, 1.807) is 10.9 Å². The number of hydrogen-bond donors (Lipinski definition) is 0. The van der Waals surface area contributed by atoms with Gasteiger partial charge in [0.15, 0.2) is 5.65 Å². The van der Waals surface area contributed by atoms with Crippen molar-refractivity contribution in [3.63, 3.8) is 0 Å². The maximum absolute atomic E-state index is 12.8. The number of hydrogen-bond acceptors (Lipinski definition) is 4. The first-order chi connectivity index (χ1) is 11.1. The second-order valence-electron chi connectivity index (χ2n) is 6.83. The average Bonchev–Trinajstić information content (AvgIpc) is 2.91. The lowest BCUT2D eigenvalue weighted by Gasteiger charge is -2.48. The summed E-state index contributed by atoms with van der Waals surface area (Å²) in [5, 5.41) is 5.52. The molecule has 1 unspecified atom stereocenters. The summed E-state index contributed by atoms with van der Waals surface area (Å²) in [6.45, 7) is 5.62. The number of nitrogens with zero attached hydrogens (tertiary/aromatic N) is 5. The largest absolute Gasteiger partial charge is 0.340 e. The van der Waals surface area contributed by atoms with E-state index in [2.05, 4.69) is 15.0 Å². The van der Waals surface area contributed by atoms with Crippen LogP contribution in [0.1, 0.15) is 18.5 Å². The number of fused-ring (bicyclic) bond motifs is 4. The highest BCUT2D eigenvalue weighted by molar-refractivity contribution is 5.81. The van der Waals surface area contributed by atoms with Crippen LogP contribution in [-0.2, 0) is 11.3 Å². The highest BCUT2D eigenvalue weighted by Crippen LogP contribution is 2.30. The number of piperidine rings is 3. The second kappa shape index (κ2) is 5.60. The molecule has 0 aromatic carbocycles. The molecule has 23 heavy (non-hydrogen) atoms. The molecular weight excluding hydrogens is 290 g/mol. The molecule has 3 aliphatic rings. The summed E-state index contributed by atoms with van der Waals surface area (Å²) < 4.78 is 1.74. The van der Waals surface area contributed by atoms with Crippen LogP contribution < -0.4 is 0 Å². The molecule has 2 aromatic heterocycles. The first-order valence-corrected chi connectivity index (χ1v) is 8.39. The van der Waals surface area contributed by atoms with Gasteiger partial charge in [0.25, 0.3) is 0 Å². The van der Waals surface area contributed by atoms with E-state index in [0.29, 0.717) is 12.0 Å². The average molecular weight is 313 g/mol. The molecule has 0 N–H and O–H groups in total. The molecular formula is C17H23N5O. The van der Waals surface area contributed by atoms with Crippen molar-refractivity contribution in [1.29, 1.82) is 0 Å². The molecule has 5 rings (SSSR count). The summed E-state index contributed by atoms with van der Waals surface area (Å²) in [6.07, 6.45) is 4.18. The smallest absolute Gasteiger partial charge is 0.244 e. The van der Waals surface area contributed by atoms with E-state index in [9.17, 15) is 4.79 Å². The lowest BCUT2D eigenvalue weighted by Crippen LogP contribution is -2.58. The Balaban J connectivity index is 1.53. The molecule has 2 aromatic rings. The molecule has 3 saturated heterocycles. The number of pyridine rings is 1. The van der Waals surface area contributed by atoms with E-state index in [1.165, 1.54) is 25.9 Å². The van der Waals surface area contributed by atoms with Crippen molar-refractivity contribution >= 4 is 16.9 Å². The Morgan fingerprint density at radius 3 is 2.87 bits per heavy atom. The summed E-state index contributed by atoms with van der Waals surface area (Å²) in [5.41, 5.74) is 1.71. The molecule has 0 saturated carbocycles. The molecule has 3 fully saturated rings. The fourth-order valence-electron chi connectivity index (χ4n) is 4.07. The van der Waals surface area contributed by atoms with Crippen LogP contribution in [0.2, 0.25) is 0 Å². The Morgan fingerprint density at radius 2 is 2.17 bits per heavy atom. The zero-order chi connectivity index (χ0) is 16.0. The van der Waals surface area contributed by atoms with Gasteiger partial charge in [0.05, 0.1) is 5.69 Å². The number of likely N-dealkylation sites (N-methyl/N-ethyl adjacent to an activating group) is 1. The molecule has 6 heteroatoms. The first-order valence-electron chi connectivity index (χ1n) is 8.39. The van der Waals surface area contributed by atoms with Crippen LogP contribution in [0.5, 0.6) is 0 Å². The molecule has 0 aliphatic carbocycles. The first kappa shape index (κ1) is 14.6. The Bertz CT molecular complexity index is 732. The number of aromatic nitrogens is 3. The lowest BCUT2D eigenvalue weighted by atomic mass is 9.83. The van der Waals surface area contributed by atoms with Crippen LogP contribution in [0.15, 0.2) is 18.3 Å². The fraction of sp³-hybridized carbons (Fsp3) is 0.588. The highest BCUT2D eigenvalue weighted by Gasteiger charge is 2.37.